The SMILES string of the molecule is O=C1S/C(=C/c2ccc(-c3c(Cl)cccc3Cl)o2)C(=O)N1c1ccc(O)cc1. The maximum atomic E-state index is 12.7. The molecule has 0 saturated carbocycles. The molecule has 2 aromatic carbocycles. The number of amides is 2. The Morgan fingerprint density at radius 1 is 0.964 bits per heavy atom. The third-order valence-electron chi connectivity index (χ3n) is 4.01. The number of imide groups is 1. The molecule has 4 rings (SSSR count). The number of rotatable bonds is 3. The molecule has 1 aliphatic rings. The van der Waals surface area contributed by atoms with Gasteiger partial charge in [0.15, 0.2) is 0 Å². The van der Waals surface area contributed by atoms with E-state index in [9.17, 15) is 14.7 Å². The summed E-state index contributed by atoms with van der Waals surface area (Å²) in [5.41, 5.74) is 0.939. The molecule has 140 valence electrons. The quantitative estimate of drug-likeness (QED) is 0.499. The number of phenols is 1. The number of halogens is 2. The van der Waals surface area contributed by atoms with E-state index < -0.39 is 11.1 Å². The van der Waals surface area contributed by atoms with Crippen molar-refractivity contribution >= 4 is 57.9 Å². The summed E-state index contributed by atoms with van der Waals surface area (Å²) >= 11 is 13.2. The monoisotopic (exact) mass is 431 g/mol. The number of phenolic OH excluding ortho intramolecular Hbond substituents is 1. The highest BCUT2D eigenvalue weighted by Crippen LogP contribution is 2.38. The number of aromatic hydroxyl groups is 1. The van der Waals surface area contributed by atoms with E-state index >= 15 is 0 Å². The van der Waals surface area contributed by atoms with E-state index in [2.05, 4.69) is 0 Å². The maximum Gasteiger partial charge on any atom is 0.298 e. The molecule has 0 bridgehead atoms. The van der Waals surface area contributed by atoms with Gasteiger partial charge in [-0.25, -0.2) is 4.90 Å². The fourth-order valence-electron chi connectivity index (χ4n) is 2.72. The molecule has 1 fully saturated rings. The van der Waals surface area contributed by atoms with E-state index in [1.807, 2.05) is 0 Å². The molecule has 8 heteroatoms. The minimum Gasteiger partial charge on any atom is -0.508 e. The second kappa shape index (κ2) is 7.39. The van der Waals surface area contributed by atoms with Crippen LogP contribution in [-0.4, -0.2) is 16.3 Å². The van der Waals surface area contributed by atoms with Gasteiger partial charge in [0.1, 0.15) is 17.3 Å². The zero-order valence-electron chi connectivity index (χ0n) is 14.1. The first kappa shape index (κ1) is 18.7. The Kier molecular flexibility index (Phi) is 4.93. The second-order valence-electron chi connectivity index (χ2n) is 5.83. The Hall–Kier alpha value is -2.67. The molecule has 1 saturated heterocycles. The molecule has 0 aliphatic carbocycles. The van der Waals surface area contributed by atoms with E-state index in [1.54, 1.807) is 30.3 Å². The summed E-state index contributed by atoms with van der Waals surface area (Å²) in [5.74, 6) is 0.434. The standard InChI is InChI=1S/C20H11Cl2NO4S/c21-14-2-1-3-15(22)18(14)16-9-8-13(27-16)10-17-19(25)23(20(26)28-17)11-4-6-12(24)7-5-11/h1-10,24H/b17-10+. The number of anilines is 1. The van der Waals surface area contributed by atoms with Gasteiger partial charge in [-0.05, 0) is 60.3 Å². The first-order valence-corrected chi connectivity index (χ1v) is 9.62. The molecule has 0 radical (unpaired) electrons. The lowest BCUT2D eigenvalue weighted by Crippen LogP contribution is -2.27. The van der Waals surface area contributed by atoms with Crippen LogP contribution in [0.3, 0.4) is 0 Å². The van der Waals surface area contributed by atoms with Crippen molar-refractivity contribution in [1.82, 2.24) is 0 Å². The van der Waals surface area contributed by atoms with E-state index in [-0.39, 0.29) is 10.7 Å². The number of hydrogen-bond donors (Lipinski definition) is 1. The Balaban J connectivity index is 1.64. The number of carbonyl (C=O) groups is 2. The highest BCUT2D eigenvalue weighted by molar-refractivity contribution is 8.19. The van der Waals surface area contributed by atoms with E-state index in [0.29, 0.717) is 32.8 Å². The molecule has 1 aromatic heterocycles. The van der Waals surface area contributed by atoms with Gasteiger partial charge < -0.3 is 9.52 Å². The molecule has 5 nitrogen and oxygen atoms in total. The lowest BCUT2D eigenvalue weighted by Gasteiger charge is -2.11. The van der Waals surface area contributed by atoms with Crippen molar-refractivity contribution in [3.05, 3.63) is 75.3 Å². The van der Waals surface area contributed by atoms with Crippen molar-refractivity contribution < 1.29 is 19.1 Å². The fourth-order valence-corrected chi connectivity index (χ4v) is 4.12. The number of carbonyl (C=O) groups excluding carboxylic acids is 2. The largest absolute Gasteiger partial charge is 0.508 e. The predicted molar refractivity (Wildman–Crippen MR) is 111 cm³/mol. The van der Waals surface area contributed by atoms with E-state index in [4.69, 9.17) is 27.6 Å². The topological polar surface area (TPSA) is 70.8 Å². The second-order valence-corrected chi connectivity index (χ2v) is 7.64. The van der Waals surface area contributed by atoms with Crippen LogP contribution >= 0.6 is 35.0 Å². The van der Waals surface area contributed by atoms with Crippen molar-refractivity contribution in [1.29, 1.82) is 0 Å². The van der Waals surface area contributed by atoms with Gasteiger partial charge in [-0.15, -0.1) is 0 Å². The number of benzene rings is 2. The minimum absolute atomic E-state index is 0.0487. The van der Waals surface area contributed by atoms with Crippen molar-refractivity contribution in [2.24, 2.45) is 0 Å². The van der Waals surface area contributed by atoms with Gasteiger partial charge in [-0.2, -0.15) is 0 Å². The summed E-state index contributed by atoms with van der Waals surface area (Å²) in [6, 6.07) is 14.3. The Bertz CT molecular complexity index is 1100. The van der Waals surface area contributed by atoms with Crippen LogP contribution in [0.25, 0.3) is 17.4 Å². The van der Waals surface area contributed by atoms with Gasteiger partial charge in [0, 0.05) is 6.08 Å². The summed E-state index contributed by atoms with van der Waals surface area (Å²) in [4.78, 5) is 26.2. The zero-order valence-corrected chi connectivity index (χ0v) is 16.4. The van der Waals surface area contributed by atoms with Crippen molar-refractivity contribution in [3.63, 3.8) is 0 Å². The smallest absolute Gasteiger partial charge is 0.298 e. The van der Waals surface area contributed by atoms with Crippen LogP contribution < -0.4 is 4.90 Å². The van der Waals surface area contributed by atoms with Crippen molar-refractivity contribution in [3.8, 4) is 17.1 Å². The molecule has 3 aromatic rings. The molecule has 0 unspecified atom stereocenters. The molecule has 1 aliphatic heterocycles. The highest BCUT2D eigenvalue weighted by atomic mass is 35.5. The Labute approximate surface area is 174 Å². The maximum absolute atomic E-state index is 12.7. The van der Waals surface area contributed by atoms with E-state index in [0.717, 1.165) is 16.7 Å². The van der Waals surface area contributed by atoms with Crippen LogP contribution in [0.2, 0.25) is 10.0 Å². The molecule has 0 spiro atoms. The van der Waals surface area contributed by atoms with Crippen LogP contribution in [-0.2, 0) is 4.79 Å². The first-order valence-electron chi connectivity index (χ1n) is 8.05. The fraction of sp³-hybridized carbons (Fsp3) is 0. The summed E-state index contributed by atoms with van der Waals surface area (Å²) in [5, 5.41) is 9.84. The van der Waals surface area contributed by atoms with Crippen LogP contribution in [0.4, 0.5) is 10.5 Å². The van der Waals surface area contributed by atoms with Gasteiger partial charge in [0.05, 0.1) is 26.2 Å². The number of furan rings is 1. The van der Waals surface area contributed by atoms with E-state index in [1.165, 1.54) is 30.3 Å². The average Bonchev–Trinajstić information content (AvgIpc) is 3.21. The van der Waals surface area contributed by atoms with Gasteiger partial charge in [0.25, 0.3) is 11.1 Å². The van der Waals surface area contributed by atoms with Crippen LogP contribution in [0.15, 0.2) is 63.9 Å². The first-order chi connectivity index (χ1) is 13.4. The highest BCUT2D eigenvalue weighted by Gasteiger charge is 2.36. The van der Waals surface area contributed by atoms with Gasteiger partial charge in [-0.1, -0.05) is 29.3 Å². The van der Waals surface area contributed by atoms with Gasteiger partial charge in [0.2, 0.25) is 0 Å². The predicted octanol–water partition coefficient (Wildman–Crippen LogP) is 6.20. The summed E-state index contributed by atoms with van der Waals surface area (Å²) in [7, 11) is 0. The zero-order chi connectivity index (χ0) is 19.8. The molecule has 1 N–H and O–H groups in total. The van der Waals surface area contributed by atoms with Crippen LogP contribution in [0, 0.1) is 0 Å². The van der Waals surface area contributed by atoms with Crippen molar-refractivity contribution in [2.45, 2.75) is 0 Å². The molecule has 0 atom stereocenters. The summed E-state index contributed by atoms with van der Waals surface area (Å²) in [6.07, 6.45) is 1.50. The Morgan fingerprint density at radius 2 is 1.64 bits per heavy atom. The molecule has 28 heavy (non-hydrogen) atoms. The molecule has 2 amide bonds. The number of nitrogens with zero attached hydrogens (tertiary/aromatic N) is 1. The average molecular weight is 432 g/mol. The third-order valence-corrected chi connectivity index (χ3v) is 5.51. The van der Waals surface area contributed by atoms with Crippen molar-refractivity contribution in [2.75, 3.05) is 4.90 Å². The lowest BCUT2D eigenvalue weighted by atomic mass is 10.2. The summed E-state index contributed by atoms with van der Waals surface area (Å²) in [6.45, 7) is 0. The number of hydrogen-bond acceptors (Lipinski definition) is 5. The third kappa shape index (κ3) is 3.42. The number of thioether (sulfide) groups is 1. The van der Waals surface area contributed by atoms with Gasteiger partial charge in [-0.3, -0.25) is 9.59 Å². The molecule has 2 heterocycles. The lowest BCUT2D eigenvalue weighted by molar-refractivity contribution is -0.113. The Morgan fingerprint density at radius 3 is 2.32 bits per heavy atom. The van der Waals surface area contributed by atoms with Gasteiger partial charge >= 0.3 is 0 Å². The molecular formula is C20H11Cl2NO4S. The molecular weight excluding hydrogens is 421 g/mol. The van der Waals surface area contributed by atoms with Crippen LogP contribution in [0.5, 0.6) is 5.75 Å². The minimum atomic E-state index is -0.464. The summed E-state index contributed by atoms with van der Waals surface area (Å²) < 4.78 is 5.76. The van der Waals surface area contributed by atoms with Crippen LogP contribution in [0.1, 0.15) is 5.76 Å². The normalized spacial score (nSPS) is 15.6.